The van der Waals surface area contributed by atoms with E-state index in [1.807, 2.05) is 33.8 Å². The molecule has 0 fully saturated rings. The summed E-state index contributed by atoms with van der Waals surface area (Å²) in [5, 5.41) is 0. The van der Waals surface area contributed by atoms with Crippen LogP contribution >= 0.6 is 0 Å². The Balaban J connectivity index is 0.00000221. The highest BCUT2D eigenvalue weighted by Crippen LogP contribution is 2.39. The number of benzene rings is 2. The normalized spacial score (nSPS) is 16.1. The summed E-state index contributed by atoms with van der Waals surface area (Å²) >= 11 is 0. The molecule has 3 rings (SSSR count). The Labute approximate surface area is 265 Å². The van der Waals surface area contributed by atoms with Crippen LogP contribution < -0.4 is 0 Å². The van der Waals surface area contributed by atoms with Crippen LogP contribution in [0.15, 0.2) is 139 Å². The van der Waals surface area contributed by atoms with Gasteiger partial charge in [-0.2, -0.15) is 0 Å². The number of allylic oxidation sites excluding steroid dienone is 10. The molecule has 0 amide bonds. The van der Waals surface area contributed by atoms with Crippen molar-refractivity contribution >= 4 is 0 Å². The third-order valence-corrected chi connectivity index (χ3v) is 7.40. The van der Waals surface area contributed by atoms with Crippen molar-refractivity contribution in [2.24, 2.45) is 11.8 Å². The molecule has 0 saturated carbocycles. The molecule has 2 aromatic carbocycles. The summed E-state index contributed by atoms with van der Waals surface area (Å²) in [6, 6.07) is 19.8. The average molecular weight is 573 g/mol. The molecular formula is C43H56. The lowest BCUT2D eigenvalue weighted by molar-refractivity contribution is 0.502. The first kappa shape index (κ1) is 37.2. The fraction of sp³-hybridized carbons (Fsp3) is 0.349. The minimum Gasteiger partial charge on any atom is -0.0990 e. The molecule has 2 atom stereocenters. The molecule has 0 radical (unpaired) electrons. The van der Waals surface area contributed by atoms with Crippen LogP contribution in [-0.2, 0) is 12.8 Å². The third-order valence-electron chi connectivity index (χ3n) is 7.40. The van der Waals surface area contributed by atoms with Crippen LogP contribution in [0.5, 0.6) is 0 Å². The van der Waals surface area contributed by atoms with Gasteiger partial charge in [0.2, 0.25) is 0 Å². The quantitative estimate of drug-likeness (QED) is 0.185. The van der Waals surface area contributed by atoms with E-state index in [0.29, 0.717) is 5.92 Å². The van der Waals surface area contributed by atoms with Gasteiger partial charge in [-0.1, -0.05) is 170 Å². The van der Waals surface area contributed by atoms with E-state index in [9.17, 15) is 0 Å². The summed E-state index contributed by atoms with van der Waals surface area (Å²) in [6.07, 6.45) is 13.9. The fourth-order valence-corrected chi connectivity index (χ4v) is 5.31. The topological polar surface area (TPSA) is 0 Å². The Bertz CT molecular complexity index is 1330. The van der Waals surface area contributed by atoms with Gasteiger partial charge in [-0.25, -0.2) is 0 Å². The van der Waals surface area contributed by atoms with Crippen molar-refractivity contribution in [2.75, 3.05) is 0 Å². The van der Waals surface area contributed by atoms with E-state index in [4.69, 9.17) is 0 Å². The predicted octanol–water partition coefficient (Wildman–Crippen LogP) is 12.4. The van der Waals surface area contributed by atoms with Crippen molar-refractivity contribution in [1.29, 1.82) is 0 Å². The Hall–Kier alpha value is -3.82. The predicted molar refractivity (Wildman–Crippen MR) is 194 cm³/mol. The Morgan fingerprint density at radius 3 is 2.05 bits per heavy atom. The zero-order chi connectivity index (χ0) is 32.2. The van der Waals surface area contributed by atoms with Gasteiger partial charge in [0.25, 0.3) is 0 Å². The van der Waals surface area contributed by atoms with Gasteiger partial charge < -0.3 is 0 Å². The summed E-state index contributed by atoms with van der Waals surface area (Å²) in [7, 11) is 0. The van der Waals surface area contributed by atoms with Crippen LogP contribution in [0.1, 0.15) is 90.8 Å². The second kappa shape index (κ2) is 21.0. The van der Waals surface area contributed by atoms with Crippen LogP contribution in [0.2, 0.25) is 0 Å². The van der Waals surface area contributed by atoms with Gasteiger partial charge in [0.1, 0.15) is 0 Å². The molecule has 43 heavy (non-hydrogen) atoms. The molecule has 0 heteroatoms. The molecule has 0 aromatic heterocycles. The molecule has 0 spiro atoms. The molecule has 0 nitrogen and oxygen atoms in total. The molecule has 1 aliphatic carbocycles. The van der Waals surface area contributed by atoms with Crippen molar-refractivity contribution in [2.45, 2.75) is 87.0 Å². The van der Waals surface area contributed by atoms with Gasteiger partial charge in [-0.3, -0.25) is 0 Å². The molecule has 228 valence electrons. The van der Waals surface area contributed by atoms with Gasteiger partial charge in [0, 0.05) is 11.5 Å². The Morgan fingerprint density at radius 1 is 0.884 bits per heavy atom. The van der Waals surface area contributed by atoms with Crippen molar-refractivity contribution in [1.82, 2.24) is 0 Å². The van der Waals surface area contributed by atoms with Gasteiger partial charge >= 0.3 is 0 Å². The van der Waals surface area contributed by atoms with E-state index < -0.39 is 0 Å². The minimum absolute atomic E-state index is 0.130. The molecule has 0 aliphatic heterocycles. The molecule has 2 aromatic rings. The van der Waals surface area contributed by atoms with Crippen molar-refractivity contribution in [3.05, 3.63) is 155 Å². The van der Waals surface area contributed by atoms with Crippen molar-refractivity contribution in [3.63, 3.8) is 0 Å². The standard InChI is InChI=1S/C39H44.2C2H6/c1-8-14-30(6)38-28-36(24-22-32(10-3)15-9-2)31(7)26-37(39(38)29(4)5)25-23-33-18-20-35(21-19-33)27-34-16-12-11-13-17-34;2*1-2/h9-13,15-21,28,31,36H,2-4,6,8,14,23,25-27H2,1,5,7H3;2*1-2H3/b32-15+;;. The third kappa shape index (κ3) is 12.1. The first-order valence-corrected chi connectivity index (χ1v) is 16.2. The van der Waals surface area contributed by atoms with Gasteiger partial charge in [-0.05, 0) is 84.4 Å². The highest BCUT2D eigenvalue weighted by molar-refractivity contribution is 5.58. The summed E-state index contributed by atoms with van der Waals surface area (Å²) in [4.78, 5) is 0. The summed E-state index contributed by atoms with van der Waals surface area (Å²) in [5.41, 5.74) is 11.3. The summed E-state index contributed by atoms with van der Waals surface area (Å²) in [6.45, 7) is 31.3. The molecule has 0 bridgehead atoms. The van der Waals surface area contributed by atoms with Crippen LogP contribution in [0.3, 0.4) is 0 Å². The van der Waals surface area contributed by atoms with Gasteiger partial charge in [0.15, 0.2) is 0 Å². The first-order valence-electron chi connectivity index (χ1n) is 16.2. The number of rotatable bonds is 11. The lowest BCUT2D eigenvalue weighted by atomic mass is 9.85. The maximum Gasteiger partial charge on any atom is 0.0424 e. The second-order valence-electron chi connectivity index (χ2n) is 10.7. The summed E-state index contributed by atoms with van der Waals surface area (Å²) in [5.74, 6) is 7.40. The molecular weight excluding hydrogens is 516 g/mol. The lowest BCUT2D eigenvalue weighted by Crippen LogP contribution is -2.08. The van der Waals surface area contributed by atoms with Gasteiger partial charge in [0.05, 0.1) is 0 Å². The first-order chi connectivity index (χ1) is 20.9. The average Bonchev–Trinajstić information content (AvgIpc) is 3.17. The molecule has 0 N–H and O–H groups in total. The zero-order valence-electron chi connectivity index (χ0n) is 28.2. The minimum atomic E-state index is 0.130. The van der Waals surface area contributed by atoms with E-state index in [1.54, 1.807) is 12.2 Å². The molecule has 0 heterocycles. The fourth-order valence-electron chi connectivity index (χ4n) is 5.31. The largest absolute Gasteiger partial charge is 0.0990 e. The van der Waals surface area contributed by atoms with E-state index in [2.05, 4.69) is 120 Å². The van der Waals surface area contributed by atoms with Gasteiger partial charge in [-0.15, -0.1) is 0 Å². The second-order valence-corrected chi connectivity index (χ2v) is 10.7. The van der Waals surface area contributed by atoms with E-state index in [0.717, 1.165) is 49.7 Å². The van der Waals surface area contributed by atoms with E-state index >= 15 is 0 Å². The molecule has 2 unspecified atom stereocenters. The maximum absolute atomic E-state index is 4.51. The lowest BCUT2D eigenvalue weighted by Gasteiger charge is -2.19. The monoisotopic (exact) mass is 572 g/mol. The van der Waals surface area contributed by atoms with Crippen LogP contribution in [0, 0.1) is 23.7 Å². The molecule has 0 saturated heterocycles. The van der Waals surface area contributed by atoms with Crippen LogP contribution in [0.25, 0.3) is 0 Å². The smallest absolute Gasteiger partial charge is 0.0424 e. The van der Waals surface area contributed by atoms with Crippen molar-refractivity contribution in [3.8, 4) is 11.8 Å². The van der Waals surface area contributed by atoms with Crippen LogP contribution in [0.4, 0.5) is 0 Å². The highest BCUT2D eigenvalue weighted by atomic mass is 14.3. The van der Waals surface area contributed by atoms with E-state index in [-0.39, 0.29) is 5.92 Å². The number of aryl methyl sites for hydroxylation is 1. The SMILES string of the molecule is C=C/C=C(/C#CC1C=C(C(=C)CCC)C(C(=C)C)=C(CCc2ccc(Cc3ccccc3)cc2)CC1C)C=C.CC.CC. The number of hydrogen-bond acceptors (Lipinski definition) is 0. The Morgan fingerprint density at radius 2 is 1.49 bits per heavy atom. The summed E-state index contributed by atoms with van der Waals surface area (Å²) < 4.78 is 0. The maximum atomic E-state index is 4.51. The highest BCUT2D eigenvalue weighted by Gasteiger charge is 2.25. The molecule has 1 aliphatic rings. The zero-order valence-corrected chi connectivity index (χ0v) is 28.2. The van der Waals surface area contributed by atoms with E-state index in [1.165, 1.54) is 39.0 Å². The number of hydrogen-bond donors (Lipinski definition) is 0. The van der Waals surface area contributed by atoms with Crippen LogP contribution in [-0.4, -0.2) is 0 Å². The van der Waals surface area contributed by atoms with Crippen molar-refractivity contribution < 1.29 is 0 Å². The Kier molecular flexibility index (Phi) is 18.1.